The summed E-state index contributed by atoms with van der Waals surface area (Å²) in [6.45, 7) is 3.86. The fraction of sp³-hybridized carbons (Fsp3) is 0.333. The van der Waals surface area contributed by atoms with Gasteiger partial charge in [-0.2, -0.15) is 0 Å². The molecule has 1 aliphatic rings. The SMILES string of the molecule is CCOc1c(Cl)cc(C(=O)N2CCN(C(=O)c3cc(Cl)cc(Cl)c3)CC2)cc1OC. The molecular formula is C21H21Cl3N2O4. The number of rotatable bonds is 5. The number of hydrogen-bond donors (Lipinski definition) is 0. The van der Waals surface area contributed by atoms with Crippen molar-refractivity contribution in [2.24, 2.45) is 0 Å². The van der Waals surface area contributed by atoms with E-state index in [-0.39, 0.29) is 11.8 Å². The Hall–Kier alpha value is -2.15. The Labute approximate surface area is 190 Å². The molecule has 0 N–H and O–H groups in total. The first-order valence-corrected chi connectivity index (χ1v) is 10.5. The summed E-state index contributed by atoms with van der Waals surface area (Å²) in [7, 11) is 1.49. The number of hydrogen-bond acceptors (Lipinski definition) is 4. The molecule has 1 saturated heterocycles. The molecule has 0 aliphatic carbocycles. The second-order valence-corrected chi connectivity index (χ2v) is 7.95. The zero-order valence-corrected chi connectivity index (χ0v) is 18.9. The number of amides is 2. The van der Waals surface area contributed by atoms with Gasteiger partial charge in [0.25, 0.3) is 11.8 Å². The number of benzene rings is 2. The number of nitrogens with zero attached hydrogens (tertiary/aromatic N) is 2. The summed E-state index contributed by atoms with van der Waals surface area (Å²) in [5.74, 6) is 0.460. The third-order valence-corrected chi connectivity index (χ3v) is 5.45. The highest BCUT2D eigenvalue weighted by Crippen LogP contribution is 2.36. The molecule has 0 unspecified atom stereocenters. The lowest BCUT2D eigenvalue weighted by molar-refractivity contribution is 0.0535. The molecule has 0 atom stereocenters. The molecule has 2 amide bonds. The van der Waals surface area contributed by atoms with Crippen LogP contribution in [0.5, 0.6) is 11.5 Å². The number of carbonyl (C=O) groups is 2. The van der Waals surface area contributed by atoms with E-state index in [2.05, 4.69) is 0 Å². The zero-order valence-electron chi connectivity index (χ0n) is 16.6. The highest BCUT2D eigenvalue weighted by molar-refractivity contribution is 6.35. The molecule has 30 heavy (non-hydrogen) atoms. The van der Waals surface area contributed by atoms with Gasteiger partial charge in [0.05, 0.1) is 18.7 Å². The van der Waals surface area contributed by atoms with E-state index in [9.17, 15) is 9.59 Å². The maximum Gasteiger partial charge on any atom is 0.254 e. The minimum absolute atomic E-state index is 0.169. The van der Waals surface area contributed by atoms with Crippen molar-refractivity contribution >= 4 is 46.6 Å². The van der Waals surface area contributed by atoms with Crippen molar-refractivity contribution in [3.05, 3.63) is 56.5 Å². The Bertz CT molecular complexity index is 939. The van der Waals surface area contributed by atoms with E-state index in [0.29, 0.717) is 70.5 Å². The van der Waals surface area contributed by atoms with Crippen LogP contribution in [0.3, 0.4) is 0 Å². The van der Waals surface area contributed by atoms with Crippen LogP contribution < -0.4 is 9.47 Å². The fourth-order valence-corrected chi connectivity index (χ4v) is 4.07. The number of ether oxygens (including phenoxy) is 2. The Morgan fingerprint density at radius 3 is 1.83 bits per heavy atom. The van der Waals surface area contributed by atoms with Crippen LogP contribution in [-0.4, -0.2) is 61.5 Å². The number of methoxy groups -OCH3 is 1. The highest BCUT2D eigenvalue weighted by Gasteiger charge is 2.27. The van der Waals surface area contributed by atoms with Crippen LogP contribution in [0.15, 0.2) is 30.3 Å². The summed E-state index contributed by atoms with van der Waals surface area (Å²) in [6, 6.07) is 7.93. The van der Waals surface area contributed by atoms with Crippen LogP contribution >= 0.6 is 34.8 Å². The van der Waals surface area contributed by atoms with Crippen molar-refractivity contribution in [2.75, 3.05) is 39.9 Å². The Kier molecular flexibility index (Phi) is 7.34. The summed E-state index contributed by atoms with van der Waals surface area (Å²) in [4.78, 5) is 29.1. The summed E-state index contributed by atoms with van der Waals surface area (Å²) in [5.41, 5.74) is 0.831. The minimum Gasteiger partial charge on any atom is -0.493 e. The van der Waals surface area contributed by atoms with E-state index in [1.807, 2.05) is 6.92 Å². The maximum absolute atomic E-state index is 13.0. The largest absolute Gasteiger partial charge is 0.493 e. The van der Waals surface area contributed by atoms with Gasteiger partial charge < -0.3 is 19.3 Å². The third-order valence-electron chi connectivity index (χ3n) is 4.73. The van der Waals surface area contributed by atoms with Gasteiger partial charge in [0, 0.05) is 47.4 Å². The summed E-state index contributed by atoms with van der Waals surface area (Å²) < 4.78 is 10.8. The van der Waals surface area contributed by atoms with Gasteiger partial charge in [-0.25, -0.2) is 0 Å². The fourth-order valence-electron chi connectivity index (χ4n) is 3.28. The van der Waals surface area contributed by atoms with Crippen LogP contribution in [-0.2, 0) is 0 Å². The van der Waals surface area contributed by atoms with Crippen molar-refractivity contribution in [1.29, 1.82) is 0 Å². The van der Waals surface area contributed by atoms with Gasteiger partial charge >= 0.3 is 0 Å². The highest BCUT2D eigenvalue weighted by atomic mass is 35.5. The summed E-state index contributed by atoms with van der Waals surface area (Å²) in [5, 5.41) is 1.12. The molecule has 2 aromatic carbocycles. The van der Waals surface area contributed by atoms with Gasteiger partial charge in [-0.15, -0.1) is 0 Å². The topological polar surface area (TPSA) is 59.1 Å². The standard InChI is InChI=1S/C21H21Cl3N2O4/c1-3-30-19-17(24)10-14(11-18(19)29-2)21(28)26-6-4-25(5-7-26)20(27)13-8-15(22)12-16(23)9-13/h8-12H,3-7H2,1-2H3. The van der Waals surface area contributed by atoms with Gasteiger partial charge in [-0.05, 0) is 37.3 Å². The molecule has 160 valence electrons. The monoisotopic (exact) mass is 470 g/mol. The maximum atomic E-state index is 13.0. The smallest absolute Gasteiger partial charge is 0.254 e. The van der Waals surface area contributed by atoms with Crippen molar-refractivity contribution in [3.8, 4) is 11.5 Å². The molecule has 6 nitrogen and oxygen atoms in total. The van der Waals surface area contributed by atoms with Gasteiger partial charge in [-0.3, -0.25) is 9.59 Å². The van der Waals surface area contributed by atoms with E-state index in [0.717, 1.165) is 0 Å². The van der Waals surface area contributed by atoms with Crippen molar-refractivity contribution in [1.82, 2.24) is 9.80 Å². The molecular weight excluding hydrogens is 451 g/mol. The molecule has 2 aromatic rings. The van der Waals surface area contributed by atoms with Crippen molar-refractivity contribution in [3.63, 3.8) is 0 Å². The lowest BCUT2D eigenvalue weighted by Crippen LogP contribution is -2.50. The van der Waals surface area contributed by atoms with E-state index < -0.39 is 0 Å². The normalized spacial score (nSPS) is 13.9. The molecule has 3 rings (SSSR count). The molecule has 0 spiro atoms. The average Bonchev–Trinajstić information content (AvgIpc) is 2.73. The lowest BCUT2D eigenvalue weighted by Gasteiger charge is -2.35. The summed E-state index contributed by atoms with van der Waals surface area (Å²) >= 11 is 18.3. The second kappa shape index (κ2) is 9.77. The van der Waals surface area contributed by atoms with Crippen LogP contribution in [0, 0.1) is 0 Å². The number of halogens is 3. The Morgan fingerprint density at radius 2 is 1.37 bits per heavy atom. The van der Waals surface area contributed by atoms with Crippen LogP contribution in [0.4, 0.5) is 0 Å². The van der Waals surface area contributed by atoms with E-state index >= 15 is 0 Å². The molecule has 1 aliphatic heterocycles. The van der Waals surface area contributed by atoms with Gasteiger partial charge in [0.15, 0.2) is 11.5 Å². The van der Waals surface area contributed by atoms with Gasteiger partial charge in [-0.1, -0.05) is 34.8 Å². The van der Waals surface area contributed by atoms with Gasteiger partial charge in [0.2, 0.25) is 0 Å². The quantitative estimate of drug-likeness (QED) is 0.637. The Balaban J connectivity index is 1.69. The van der Waals surface area contributed by atoms with Crippen molar-refractivity contribution in [2.45, 2.75) is 6.92 Å². The first kappa shape index (κ1) is 22.5. The zero-order chi connectivity index (χ0) is 21.8. The predicted molar refractivity (Wildman–Crippen MR) is 117 cm³/mol. The summed E-state index contributed by atoms with van der Waals surface area (Å²) in [6.07, 6.45) is 0. The van der Waals surface area contributed by atoms with E-state index in [1.54, 1.807) is 40.1 Å². The first-order valence-electron chi connectivity index (χ1n) is 9.39. The average molecular weight is 472 g/mol. The molecule has 0 bridgehead atoms. The second-order valence-electron chi connectivity index (χ2n) is 6.66. The molecule has 0 saturated carbocycles. The predicted octanol–water partition coefficient (Wildman–Crippen LogP) is 4.65. The molecule has 9 heteroatoms. The van der Waals surface area contributed by atoms with Crippen molar-refractivity contribution < 1.29 is 19.1 Å². The molecule has 1 heterocycles. The molecule has 0 radical (unpaired) electrons. The lowest BCUT2D eigenvalue weighted by atomic mass is 10.1. The van der Waals surface area contributed by atoms with Crippen LogP contribution in [0.2, 0.25) is 15.1 Å². The van der Waals surface area contributed by atoms with Crippen LogP contribution in [0.1, 0.15) is 27.6 Å². The number of piperazine rings is 1. The number of carbonyl (C=O) groups excluding carboxylic acids is 2. The molecule has 1 fully saturated rings. The molecule has 0 aromatic heterocycles. The van der Waals surface area contributed by atoms with Gasteiger partial charge in [0.1, 0.15) is 0 Å². The Morgan fingerprint density at radius 1 is 0.867 bits per heavy atom. The van der Waals surface area contributed by atoms with E-state index in [4.69, 9.17) is 44.3 Å². The minimum atomic E-state index is -0.184. The first-order chi connectivity index (χ1) is 14.3. The van der Waals surface area contributed by atoms with E-state index in [1.165, 1.54) is 7.11 Å². The van der Waals surface area contributed by atoms with Crippen LogP contribution in [0.25, 0.3) is 0 Å². The third kappa shape index (κ3) is 4.94.